The van der Waals surface area contributed by atoms with Crippen molar-refractivity contribution in [2.24, 2.45) is 5.73 Å². The van der Waals surface area contributed by atoms with Crippen molar-refractivity contribution in [3.8, 4) is 0 Å². The first-order valence-electron chi connectivity index (χ1n) is 5.33. The van der Waals surface area contributed by atoms with Crippen LogP contribution in [0, 0.1) is 0 Å². The number of carbonyl (C=O) groups excluding carboxylic acids is 1. The quantitative estimate of drug-likeness (QED) is 0.842. The Morgan fingerprint density at radius 1 is 1.00 bits per heavy atom. The number of hydrogen-bond donors (Lipinski definition) is 2. The first-order chi connectivity index (χ1) is 9.05. The molecule has 9 heteroatoms. The molecule has 0 spiro atoms. The molecule has 0 aliphatic carbocycles. The summed E-state index contributed by atoms with van der Waals surface area (Å²) in [7, 11) is 0. The maximum Gasteiger partial charge on any atom is 0.416 e. The summed E-state index contributed by atoms with van der Waals surface area (Å²) in [5.41, 5.74) is 1.28. The Labute approximate surface area is 109 Å². The van der Waals surface area contributed by atoms with Gasteiger partial charge in [0, 0.05) is 18.7 Å². The third kappa shape index (κ3) is 4.12. The highest BCUT2D eigenvalue weighted by Crippen LogP contribution is 2.36. The molecule has 1 rings (SSSR count). The van der Waals surface area contributed by atoms with Gasteiger partial charge in [-0.3, -0.25) is 4.79 Å². The van der Waals surface area contributed by atoms with E-state index in [0.29, 0.717) is 12.1 Å². The molecule has 112 valence electrons. The van der Waals surface area contributed by atoms with Crippen LogP contribution in [0.15, 0.2) is 18.2 Å². The van der Waals surface area contributed by atoms with E-state index in [1.165, 1.54) is 0 Å². The third-order valence-electron chi connectivity index (χ3n) is 2.28. The largest absolute Gasteiger partial charge is 0.416 e. The number of benzene rings is 1. The van der Waals surface area contributed by atoms with E-state index in [1.54, 1.807) is 0 Å². The fourth-order valence-electron chi connectivity index (χ4n) is 1.37. The third-order valence-corrected chi connectivity index (χ3v) is 2.28. The summed E-state index contributed by atoms with van der Waals surface area (Å²) in [5.74, 6) is -1.05. The Morgan fingerprint density at radius 3 is 1.80 bits per heavy atom. The van der Waals surface area contributed by atoms with Crippen molar-refractivity contribution in [1.29, 1.82) is 0 Å². The second-order valence-corrected chi connectivity index (χ2v) is 3.84. The monoisotopic (exact) mass is 300 g/mol. The Bertz CT molecular complexity index is 462. The highest BCUT2D eigenvalue weighted by molar-refractivity contribution is 5.94. The molecule has 0 radical (unpaired) electrons. The summed E-state index contributed by atoms with van der Waals surface area (Å²) in [6.07, 6.45) is -9.96. The predicted octanol–water partition coefficient (Wildman–Crippen LogP) is 2.41. The average molecular weight is 300 g/mol. The van der Waals surface area contributed by atoms with E-state index in [1.807, 2.05) is 0 Å². The van der Waals surface area contributed by atoms with Crippen molar-refractivity contribution < 1.29 is 31.1 Å². The SMILES string of the molecule is NCCNC(=O)c1cc(C(F)(F)F)cc(C(F)(F)F)c1. The molecule has 0 saturated carbocycles. The number of rotatable bonds is 3. The van der Waals surface area contributed by atoms with E-state index in [-0.39, 0.29) is 19.2 Å². The van der Waals surface area contributed by atoms with E-state index in [0.717, 1.165) is 0 Å². The summed E-state index contributed by atoms with van der Waals surface area (Å²) >= 11 is 0. The summed E-state index contributed by atoms with van der Waals surface area (Å²) in [4.78, 5) is 11.5. The molecule has 0 saturated heterocycles. The molecule has 0 heterocycles. The fraction of sp³-hybridized carbons (Fsp3) is 0.364. The molecule has 0 fully saturated rings. The van der Waals surface area contributed by atoms with E-state index < -0.39 is 35.0 Å². The molecule has 3 nitrogen and oxygen atoms in total. The van der Waals surface area contributed by atoms with Gasteiger partial charge in [-0.25, -0.2) is 0 Å². The molecule has 1 amide bonds. The first-order valence-corrected chi connectivity index (χ1v) is 5.33. The lowest BCUT2D eigenvalue weighted by Gasteiger charge is -2.14. The molecule has 20 heavy (non-hydrogen) atoms. The van der Waals surface area contributed by atoms with Crippen LogP contribution >= 0.6 is 0 Å². The number of nitrogens with two attached hydrogens (primary N) is 1. The van der Waals surface area contributed by atoms with E-state index in [9.17, 15) is 31.1 Å². The first kappa shape index (κ1) is 16.3. The predicted molar refractivity (Wildman–Crippen MR) is 57.8 cm³/mol. The topological polar surface area (TPSA) is 55.1 Å². The van der Waals surface area contributed by atoms with E-state index >= 15 is 0 Å². The van der Waals surface area contributed by atoms with Gasteiger partial charge < -0.3 is 11.1 Å². The average Bonchev–Trinajstić information content (AvgIpc) is 2.33. The lowest BCUT2D eigenvalue weighted by Crippen LogP contribution is -2.29. The highest BCUT2D eigenvalue weighted by Gasteiger charge is 2.37. The zero-order valence-corrected chi connectivity index (χ0v) is 9.90. The van der Waals surface area contributed by atoms with Crippen LogP contribution in [0.2, 0.25) is 0 Å². The summed E-state index contributed by atoms with van der Waals surface area (Å²) in [5, 5.41) is 2.11. The molecule has 3 N–H and O–H groups in total. The minimum atomic E-state index is -4.98. The van der Waals surface area contributed by atoms with Crippen LogP contribution in [0.4, 0.5) is 26.3 Å². The van der Waals surface area contributed by atoms with Gasteiger partial charge in [-0.1, -0.05) is 0 Å². The van der Waals surface area contributed by atoms with Gasteiger partial charge in [0.15, 0.2) is 0 Å². The lowest BCUT2D eigenvalue weighted by atomic mass is 10.0. The molecular formula is C11H10F6N2O. The Balaban J connectivity index is 3.27. The van der Waals surface area contributed by atoms with Gasteiger partial charge in [-0.15, -0.1) is 0 Å². The van der Waals surface area contributed by atoms with Crippen LogP contribution in [-0.4, -0.2) is 19.0 Å². The maximum atomic E-state index is 12.5. The van der Waals surface area contributed by atoms with Crippen molar-refractivity contribution in [1.82, 2.24) is 5.32 Å². The Kier molecular flexibility index (Phi) is 4.64. The smallest absolute Gasteiger partial charge is 0.351 e. The van der Waals surface area contributed by atoms with Gasteiger partial charge in [0.2, 0.25) is 0 Å². The molecule has 0 aromatic heterocycles. The Morgan fingerprint density at radius 2 is 1.45 bits per heavy atom. The minimum absolute atomic E-state index is 0.0107. The van der Waals surface area contributed by atoms with Crippen molar-refractivity contribution in [3.05, 3.63) is 34.9 Å². The number of carbonyl (C=O) groups is 1. The molecule has 1 aromatic rings. The standard InChI is InChI=1S/C11H10F6N2O/c12-10(13,14)7-3-6(9(20)19-2-1-18)4-8(5-7)11(15,16)17/h3-5H,1-2,18H2,(H,19,20). The summed E-state index contributed by atoms with van der Waals surface area (Å²) < 4.78 is 75.2. The van der Waals surface area contributed by atoms with Gasteiger partial charge in [0.1, 0.15) is 0 Å². The van der Waals surface area contributed by atoms with Crippen molar-refractivity contribution >= 4 is 5.91 Å². The molecule has 0 aliphatic rings. The Hall–Kier alpha value is -1.77. The molecule has 0 unspecified atom stereocenters. The zero-order chi connectivity index (χ0) is 15.6. The maximum absolute atomic E-state index is 12.5. The second kappa shape index (κ2) is 5.70. The highest BCUT2D eigenvalue weighted by atomic mass is 19.4. The van der Waals surface area contributed by atoms with Gasteiger partial charge in [0.05, 0.1) is 11.1 Å². The van der Waals surface area contributed by atoms with Crippen LogP contribution in [0.3, 0.4) is 0 Å². The van der Waals surface area contributed by atoms with Crippen LogP contribution in [-0.2, 0) is 12.4 Å². The van der Waals surface area contributed by atoms with Crippen LogP contribution in [0.5, 0.6) is 0 Å². The molecule has 0 atom stereocenters. The van der Waals surface area contributed by atoms with Gasteiger partial charge in [-0.2, -0.15) is 26.3 Å². The number of amides is 1. The molecule has 0 bridgehead atoms. The van der Waals surface area contributed by atoms with Gasteiger partial charge in [0.25, 0.3) is 5.91 Å². The van der Waals surface area contributed by atoms with Crippen LogP contribution in [0.25, 0.3) is 0 Å². The number of alkyl halides is 6. The normalized spacial score (nSPS) is 12.3. The molecular weight excluding hydrogens is 290 g/mol. The minimum Gasteiger partial charge on any atom is -0.351 e. The summed E-state index contributed by atoms with van der Waals surface area (Å²) in [6, 6.07) is 0.682. The van der Waals surface area contributed by atoms with Crippen molar-refractivity contribution in [3.63, 3.8) is 0 Å². The van der Waals surface area contributed by atoms with Gasteiger partial charge in [-0.05, 0) is 18.2 Å². The number of hydrogen-bond acceptors (Lipinski definition) is 2. The van der Waals surface area contributed by atoms with E-state index in [2.05, 4.69) is 5.32 Å². The van der Waals surface area contributed by atoms with Gasteiger partial charge >= 0.3 is 12.4 Å². The fourth-order valence-corrected chi connectivity index (χ4v) is 1.37. The zero-order valence-electron chi connectivity index (χ0n) is 9.90. The van der Waals surface area contributed by atoms with Crippen LogP contribution < -0.4 is 11.1 Å². The number of halogens is 6. The lowest BCUT2D eigenvalue weighted by molar-refractivity contribution is -0.143. The number of nitrogens with one attached hydrogen (secondary N) is 1. The van der Waals surface area contributed by atoms with Crippen LogP contribution in [0.1, 0.15) is 21.5 Å². The molecule has 1 aromatic carbocycles. The van der Waals surface area contributed by atoms with Crippen molar-refractivity contribution in [2.45, 2.75) is 12.4 Å². The molecule has 0 aliphatic heterocycles. The summed E-state index contributed by atoms with van der Waals surface area (Å²) in [6.45, 7) is -0.0484. The van der Waals surface area contributed by atoms with Crippen molar-refractivity contribution in [2.75, 3.05) is 13.1 Å². The van der Waals surface area contributed by atoms with E-state index in [4.69, 9.17) is 5.73 Å². The second-order valence-electron chi connectivity index (χ2n) is 3.84.